The van der Waals surface area contributed by atoms with Gasteiger partial charge in [0.25, 0.3) is 0 Å². The van der Waals surface area contributed by atoms with Crippen LogP contribution < -0.4 is 15.4 Å². The predicted molar refractivity (Wildman–Crippen MR) is 97.5 cm³/mol. The van der Waals surface area contributed by atoms with Crippen LogP contribution >= 0.6 is 0 Å². The molecule has 24 heavy (non-hydrogen) atoms. The van der Waals surface area contributed by atoms with Gasteiger partial charge < -0.3 is 10.1 Å². The molecule has 1 aliphatic rings. The van der Waals surface area contributed by atoms with E-state index in [1.807, 2.05) is 39.0 Å². The predicted octanol–water partition coefficient (Wildman–Crippen LogP) is 3.39. The number of nitrogens with zero attached hydrogens (tertiary/aromatic N) is 3. The van der Waals surface area contributed by atoms with Gasteiger partial charge in [0.05, 0.1) is 17.8 Å². The average Bonchev–Trinajstić information content (AvgIpc) is 2.46. The fourth-order valence-electron chi connectivity index (χ4n) is 2.87. The van der Waals surface area contributed by atoms with Crippen molar-refractivity contribution in [1.82, 2.24) is 15.3 Å². The Balaban J connectivity index is 1.99. The Hall–Kier alpha value is -2.63. The number of guanidine groups is 1. The molecule has 0 saturated carbocycles. The Labute approximate surface area is 142 Å². The van der Waals surface area contributed by atoms with E-state index in [1.54, 1.807) is 0 Å². The van der Waals surface area contributed by atoms with Crippen molar-refractivity contribution in [3.05, 3.63) is 35.7 Å². The molecule has 2 aromatic rings. The number of aliphatic imine (C=N–C) groups is 1. The second-order valence-corrected chi connectivity index (χ2v) is 6.41. The summed E-state index contributed by atoms with van der Waals surface area (Å²) < 4.78 is 5.70. The molecule has 0 saturated heterocycles. The second-order valence-electron chi connectivity index (χ2n) is 6.41. The highest BCUT2D eigenvalue weighted by molar-refractivity contribution is 5.96. The summed E-state index contributed by atoms with van der Waals surface area (Å²) in [6.45, 7) is 10.6. The summed E-state index contributed by atoms with van der Waals surface area (Å²) in [5.74, 6) is 1.91. The van der Waals surface area contributed by atoms with E-state index in [0.717, 1.165) is 28.0 Å². The lowest BCUT2D eigenvalue weighted by Crippen LogP contribution is -2.38. The Morgan fingerprint density at radius 2 is 2.00 bits per heavy atom. The summed E-state index contributed by atoms with van der Waals surface area (Å²) >= 11 is 0. The van der Waals surface area contributed by atoms with Crippen molar-refractivity contribution in [2.24, 2.45) is 4.99 Å². The molecule has 3 rings (SSSR count). The summed E-state index contributed by atoms with van der Waals surface area (Å²) in [7, 11) is 0. The van der Waals surface area contributed by atoms with Crippen LogP contribution in [0.2, 0.25) is 0 Å². The van der Waals surface area contributed by atoms with Gasteiger partial charge in [0.2, 0.25) is 11.9 Å². The van der Waals surface area contributed by atoms with E-state index in [-0.39, 0.29) is 5.54 Å². The van der Waals surface area contributed by atoms with Crippen LogP contribution in [0.15, 0.2) is 35.0 Å². The van der Waals surface area contributed by atoms with E-state index in [4.69, 9.17) is 4.74 Å². The number of benzene rings is 1. The van der Waals surface area contributed by atoms with Crippen LogP contribution in [0.5, 0.6) is 5.75 Å². The first-order valence-corrected chi connectivity index (χ1v) is 8.11. The SMILES string of the molecule is CCOc1cccc2c(C)nc(NC3=NC(C)(C)C=C(C)N3)nc12. The zero-order chi connectivity index (χ0) is 17.3. The molecule has 0 bridgehead atoms. The number of ether oxygens (including phenoxy) is 1. The van der Waals surface area contributed by atoms with Gasteiger partial charge in [-0.25, -0.2) is 15.0 Å². The van der Waals surface area contributed by atoms with Gasteiger partial charge in [0, 0.05) is 11.1 Å². The Morgan fingerprint density at radius 3 is 2.71 bits per heavy atom. The summed E-state index contributed by atoms with van der Waals surface area (Å²) in [5, 5.41) is 7.39. The Kier molecular flexibility index (Phi) is 4.13. The van der Waals surface area contributed by atoms with Gasteiger partial charge in [-0.1, -0.05) is 12.1 Å². The number of nitrogens with one attached hydrogen (secondary N) is 2. The monoisotopic (exact) mass is 325 g/mol. The van der Waals surface area contributed by atoms with E-state index in [0.29, 0.717) is 18.5 Å². The lowest BCUT2D eigenvalue weighted by atomic mass is 10.0. The molecule has 1 aliphatic heterocycles. The Bertz CT molecular complexity index is 839. The molecule has 1 aromatic carbocycles. The van der Waals surface area contributed by atoms with Crippen LogP contribution in [0.1, 0.15) is 33.4 Å². The largest absolute Gasteiger partial charge is 0.492 e. The molecule has 126 valence electrons. The van der Waals surface area contributed by atoms with E-state index in [2.05, 4.69) is 45.5 Å². The van der Waals surface area contributed by atoms with Crippen molar-refractivity contribution >= 4 is 22.8 Å². The van der Waals surface area contributed by atoms with E-state index >= 15 is 0 Å². The van der Waals surface area contributed by atoms with Crippen molar-refractivity contribution in [3.63, 3.8) is 0 Å². The maximum absolute atomic E-state index is 5.70. The summed E-state index contributed by atoms with van der Waals surface area (Å²) in [6, 6.07) is 5.89. The first kappa shape index (κ1) is 16.2. The number of hydrogen-bond acceptors (Lipinski definition) is 6. The second kappa shape index (κ2) is 6.11. The van der Waals surface area contributed by atoms with Crippen molar-refractivity contribution in [1.29, 1.82) is 0 Å². The van der Waals surface area contributed by atoms with E-state index < -0.39 is 0 Å². The minimum absolute atomic E-state index is 0.264. The highest BCUT2D eigenvalue weighted by atomic mass is 16.5. The highest BCUT2D eigenvalue weighted by Gasteiger charge is 2.20. The molecule has 2 heterocycles. The van der Waals surface area contributed by atoms with E-state index in [9.17, 15) is 0 Å². The third-order valence-corrected chi connectivity index (χ3v) is 3.70. The first-order valence-electron chi connectivity index (χ1n) is 8.11. The van der Waals surface area contributed by atoms with E-state index in [1.165, 1.54) is 0 Å². The molecule has 0 radical (unpaired) electrons. The van der Waals surface area contributed by atoms with Crippen LogP contribution in [-0.2, 0) is 0 Å². The summed E-state index contributed by atoms with van der Waals surface area (Å²) in [5.41, 5.74) is 2.48. The number of fused-ring (bicyclic) bond motifs is 1. The number of aromatic nitrogens is 2. The van der Waals surface area contributed by atoms with Crippen LogP contribution in [0.3, 0.4) is 0 Å². The molecule has 0 aliphatic carbocycles. The molecule has 0 fully saturated rings. The standard InChI is InChI=1S/C18H23N5O/c1-6-24-14-9-7-8-13-12(3)20-16(21-15(13)14)22-17-19-11(2)10-18(4,5)23-17/h7-10H,6H2,1-5H3,(H2,19,20,21,22,23). The first-order chi connectivity index (χ1) is 11.4. The van der Waals surface area contributed by atoms with Crippen molar-refractivity contribution < 1.29 is 4.74 Å². The van der Waals surface area contributed by atoms with Gasteiger partial charge in [-0.3, -0.25) is 5.32 Å². The Morgan fingerprint density at radius 1 is 1.21 bits per heavy atom. The average molecular weight is 325 g/mol. The fourth-order valence-corrected chi connectivity index (χ4v) is 2.87. The van der Waals surface area contributed by atoms with Crippen LogP contribution in [-0.4, -0.2) is 28.1 Å². The number of allylic oxidation sites excluding steroid dienone is 1. The van der Waals surface area contributed by atoms with Crippen molar-refractivity contribution in [3.8, 4) is 5.75 Å². The maximum atomic E-state index is 5.70. The summed E-state index contributed by atoms with van der Waals surface area (Å²) in [6.07, 6.45) is 2.08. The molecule has 1 aromatic heterocycles. The number of rotatable bonds is 3. The molecule has 6 nitrogen and oxygen atoms in total. The molecular formula is C18H23N5O. The molecule has 0 amide bonds. The molecule has 6 heteroatoms. The third-order valence-electron chi connectivity index (χ3n) is 3.70. The van der Waals surface area contributed by atoms with Gasteiger partial charge in [-0.2, -0.15) is 0 Å². The highest BCUT2D eigenvalue weighted by Crippen LogP contribution is 2.26. The van der Waals surface area contributed by atoms with Crippen LogP contribution in [0.4, 0.5) is 5.95 Å². The number of aryl methyl sites for hydroxylation is 1. The topological polar surface area (TPSA) is 71.4 Å². The minimum atomic E-state index is -0.264. The van der Waals surface area contributed by atoms with Gasteiger partial charge in [-0.15, -0.1) is 0 Å². The smallest absolute Gasteiger partial charge is 0.230 e. The quantitative estimate of drug-likeness (QED) is 0.905. The zero-order valence-corrected chi connectivity index (χ0v) is 14.8. The molecule has 0 atom stereocenters. The normalized spacial score (nSPS) is 16.2. The lowest BCUT2D eigenvalue weighted by molar-refractivity contribution is 0.343. The fraction of sp³-hybridized carbons (Fsp3) is 0.389. The number of anilines is 1. The molecule has 0 spiro atoms. The zero-order valence-electron chi connectivity index (χ0n) is 14.8. The molecule has 0 unspecified atom stereocenters. The lowest BCUT2D eigenvalue weighted by Gasteiger charge is -2.25. The number of para-hydroxylation sites is 1. The van der Waals surface area contributed by atoms with Crippen molar-refractivity contribution in [2.75, 3.05) is 11.9 Å². The third kappa shape index (κ3) is 3.32. The number of hydrogen-bond donors (Lipinski definition) is 2. The van der Waals surface area contributed by atoms with Crippen molar-refractivity contribution in [2.45, 2.75) is 40.2 Å². The van der Waals surface area contributed by atoms with Crippen LogP contribution in [0.25, 0.3) is 10.9 Å². The summed E-state index contributed by atoms with van der Waals surface area (Å²) in [4.78, 5) is 13.8. The molecular weight excluding hydrogens is 302 g/mol. The van der Waals surface area contributed by atoms with Gasteiger partial charge >= 0.3 is 0 Å². The van der Waals surface area contributed by atoms with Gasteiger partial charge in [0.1, 0.15) is 11.3 Å². The van der Waals surface area contributed by atoms with Gasteiger partial charge in [-0.05, 0) is 46.8 Å². The van der Waals surface area contributed by atoms with Crippen LogP contribution in [0, 0.1) is 6.92 Å². The maximum Gasteiger partial charge on any atom is 0.230 e. The molecule has 2 N–H and O–H groups in total. The minimum Gasteiger partial charge on any atom is -0.492 e. The van der Waals surface area contributed by atoms with Gasteiger partial charge in [0.15, 0.2) is 0 Å².